The third-order valence-corrected chi connectivity index (χ3v) is 5.19. The summed E-state index contributed by atoms with van der Waals surface area (Å²) in [6, 6.07) is 6.39. The average Bonchev–Trinajstić information content (AvgIpc) is 3.21. The van der Waals surface area contributed by atoms with E-state index in [0.717, 1.165) is 17.1 Å². The number of amides is 1. The number of rotatable bonds is 4. The number of pyridine rings is 1. The minimum atomic E-state index is -4.39. The second-order valence-corrected chi connectivity index (χ2v) is 7.44. The molecular weight excluding hydrogens is 351 g/mol. The van der Waals surface area contributed by atoms with Crippen LogP contribution < -0.4 is 10.2 Å². The molecule has 0 aromatic carbocycles. The highest BCUT2D eigenvalue weighted by atomic mass is 32.1. The van der Waals surface area contributed by atoms with E-state index in [9.17, 15) is 18.0 Å². The van der Waals surface area contributed by atoms with Crippen LogP contribution in [0.5, 0.6) is 0 Å². The lowest BCUT2D eigenvalue weighted by Crippen LogP contribution is -2.32. The summed E-state index contributed by atoms with van der Waals surface area (Å²) in [6.45, 7) is 3.59. The molecule has 1 aliphatic heterocycles. The molecule has 1 amide bonds. The van der Waals surface area contributed by atoms with Gasteiger partial charge in [-0.25, -0.2) is 4.98 Å². The Morgan fingerprint density at radius 3 is 2.76 bits per heavy atom. The first kappa shape index (κ1) is 17.7. The van der Waals surface area contributed by atoms with Crippen LogP contribution in [-0.4, -0.2) is 24.0 Å². The van der Waals surface area contributed by atoms with Gasteiger partial charge in [-0.2, -0.15) is 13.2 Å². The summed E-state index contributed by atoms with van der Waals surface area (Å²) in [4.78, 5) is 20.3. The number of aryl methyl sites for hydroxylation is 1. The van der Waals surface area contributed by atoms with E-state index in [2.05, 4.69) is 10.3 Å². The molecule has 2 aromatic heterocycles. The molecule has 1 N–H and O–H groups in total. The number of anilines is 1. The highest BCUT2D eigenvalue weighted by Gasteiger charge is 2.32. The van der Waals surface area contributed by atoms with Crippen molar-refractivity contribution in [1.29, 1.82) is 0 Å². The molecule has 134 valence electrons. The van der Waals surface area contributed by atoms with Crippen LogP contribution in [0.15, 0.2) is 30.5 Å². The van der Waals surface area contributed by atoms with E-state index in [1.807, 2.05) is 24.0 Å². The topological polar surface area (TPSA) is 45.2 Å². The first-order chi connectivity index (χ1) is 11.8. The highest BCUT2D eigenvalue weighted by molar-refractivity contribution is 7.11. The molecule has 0 unspecified atom stereocenters. The Hall–Kier alpha value is -2.09. The monoisotopic (exact) mass is 369 g/mol. The summed E-state index contributed by atoms with van der Waals surface area (Å²) in [6.07, 6.45) is -2.89. The Morgan fingerprint density at radius 1 is 1.36 bits per heavy atom. The van der Waals surface area contributed by atoms with Gasteiger partial charge in [0.15, 0.2) is 0 Å². The second-order valence-electron chi connectivity index (χ2n) is 6.06. The van der Waals surface area contributed by atoms with Crippen molar-refractivity contribution in [2.24, 2.45) is 5.92 Å². The predicted octanol–water partition coefficient (Wildman–Crippen LogP) is 3.61. The van der Waals surface area contributed by atoms with Crippen LogP contribution >= 0.6 is 11.3 Å². The molecule has 25 heavy (non-hydrogen) atoms. The smallest absolute Gasteiger partial charge is 0.356 e. The van der Waals surface area contributed by atoms with Crippen LogP contribution in [0.4, 0.5) is 19.0 Å². The van der Waals surface area contributed by atoms with Gasteiger partial charge >= 0.3 is 6.18 Å². The van der Waals surface area contributed by atoms with Crippen molar-refractivity contribution in [2.45, 2.75) is 26.1 Å². The predicted molar refractivity (Wildman–Crippen MR) is 90.5 cm³/mol. The van der Waals surface area contributed by atoms with Crippen LogP contribution in [0.25, 0.3) is 0 Å². The van der Waals surface area contributed by atoms with Gasteiger partial charge in [0.25, 0.3) is 0 Å². The van der Waals surface area contributed by atoms with Gasteiger partial charge in [-0.15, -0.1) is 11.3 Å². The molecule has 0 radical (unpaired) electrons. The standard InChI is InChI=1S/C17H18F3N3OS/c1-11-2-4-14(25-11)9-22-16(24)12-6-7-23(10-12)15-5-3-13(8-21-15)17(18,19)20/h2-5,8,12H,6-7,9-10H2,1H3,(H,22,24)/t12-/m1/s1. The molecule has 1 saturated heterocycles. The summed E-state index contributed by atoms with van der Waals surface area (Å²) in [7, 11) is 0. The lowest BCUT2D eigenvalue weighted by Gasteiger charge is -2.18. The minimum absolute atomic E-state index is 0.0273. The van der Waals surface area contributed by atoms with Crippen molar-refractivity contribution in [3.63, 3.8) is 0 Å². The zero-order chi connectivity index (χ0) is 18.0. The Labute approximate surface area is 147 Å². The normalized spacial score (nSPS) is 17.8. The van der Waals surface area contributed by atoms with Crippen molar-refractivity contribution in [2.75, 3.05) is 18.0 Å². The van der Waals surface area contributed by atoms with Crippen LogP contribution in [0.3, 0.4) is 0 Å². The van der Waals surface area contributed by atoms with Crippen molar-refractivity contribution < 1.29 is 18.0 Å². The third kappa shape index (κ3) is 4.31. The van der Waals surface area contributed by atoms with Gasteiger partial charge in [0.05, 0.1) is 18.0 Å². The zero-order valence-corrected chi connectivity index (χ0v) is 14.5. The van der Waals surface area contributed by atoms with Crippen LogP contribution in [0, 0.1) is 12.8 Å². The van der Waals surface area contributed by atoms with E-state index >= 15 is 0 Å². The zero-order valence-electron chi connectivity index (χ0n) is 13.6. The fraction of sp³-hybridized carbons (Fsp3) is 0.412. The Kier molecular flexibility index (Phi) is 4.99. The lowest BCUT2D eigenvalue weighted by atomic mass is 10.1. The van der Waals surface area contributed by atoms with E-state index < -0.39 is 11.7 Å². The highest BCUT2D eigenvalue weighted by Crippen LogP contribution is 2.30. The maximum absolute atomic E-state index is 12.6. The van der Waals surface area contributed by atoms with Gasteiger partial charge in [0.2, 0.25) is 5.91 Å². The van der Waals surface area contributed by atoms with E-state index in [0.29, 0.717) is 31.9 Å². The van der Waals surface area contributed by atoms with E-state index in [4.69, 9.17) is 0 Å². The van der Waals surface area contributed by atoms with Crippen LogP contribution in [-0.2, 0) is 17.5 Å². The summed E-state index contributed by atoms with van der Waals surface area (Å²) < 4.78 is 37.8. The van der Waals surface area contributed by atoms with Gasteiger partial charge in [-0.3, -0.25) is 4.79 Å². The fourth-order valence-electron chi connectivity index (χ4n) is 2.82. The van der Waals surface area contributed by atoms with Gasteiger partial charge in [0.1, 0.15) is 5.82 Å². The number of nitrogens with zero attached hydrogens (tertiary/aromatic N) is 2. The molecule has 1 atom stereocenters. The summed E-state index contributed by atoms with van der Waals surface area (Å²) in [5, 5.41) is 2.93. The number of halogens is 3. The first-order valence-corrected chi connectivity index (χ1v) is 8.76. The number of aromatic nitrogens is 1. The molecule has 0 saturated carbocycles. The lowest BCUT2D eigenvalue weighted by molar-refractivity contribution is -0.137. The molecule has 2 aromatic rings. The molecule has 0 spiro atoms. The number of carbonyl (C=O) groups is 1. The fourth-order valence-corrected chi connectivity index (χ4v) is 3.65. The number of thiophene rings is 1. The maximum atomic E-state index is 12.6. The van der Waals surface area contributed by atoms with Crippen LogP contribution in [0.1, 0.15) is 21.7 Å². The Balaban J connectivity index is 1.55. The second kappa shape index (κ2) is 7.03. The Bertz CT molecular complexity index is 742. The molecule has 0 aliphatic carbocycles. The molecule has 3 rings (SSSR count). The van der Waals surface area contributed by atoms with Crippen molar-refractivity contribution in [3.8, 4) is 0 Å². The molecular formula is C17H18F3N3OS. The number of alkyl halides is 3. The quantitative estimate of drug-likeness (QED) is 0.896. The summed E-state index contributed by atoms with van der Waals surface area (Å²) in [5.41, 5.74) is -0.768. The van der Waals surface area contributed by atoms with Gasteiger partial charge < -0.3 is 10.2 Å². The van der Waals surface area contributed by atoms with Crippen molar-refractivity contribution >= 4 is 23.1 Å². The van der Waals surface area contributed by atoms with E-state index in [1.165, 1.54) is 10.9 Å². The summed E-state index contributed by atoms with van der Waals surface area (Å²) >= 11 is 1.65. The largest absolute Gasteiger partial charge is 0.417 e. The number of hydrogen-bond donors (Lipinski definition) is 1. The average molecular weight is 369 g/mol. The SMILES string of the molecule is Cc1ccc(CNC(=O)[C@@H]2CCN(c3ccc(C(F)(F)F)cn3)C2)s1. The molecule has 4 nitrogen and oxygen atoms in total. The van der Waals surface area contributed by atoms with Crippen LogP contribution in [0.2, 0.25) is 0 Å². The Morgan fingerprint density at radius 2 is 2.16 bits per heavy atom. The number of nitrogens with one attached hydrogen (secondary N) is 1. The number of hydrogen-bond acceptors (Lipinski definition) is 4. The van der Waals surface area contributed by atoms with Crippen molar-refractivity contribution in [3.05, 3.63) is 45.8 Å². The van der Waals surface area contributed by atoms with E-state index in [-0.39, 0.29) is 11.8 Å². The van der Waals surface area contributed by atoms with Gasteiger partial charge in [-0.1, -0.05) is 0 Å². The minimum Gasteiger partial charge on any atom is -0.356 e. The molecule has 3 heterocycles. The first-order valence-electron chi connectivity index (χ1n) is 7.94. The molecule has 8 heteroatoms. The maximum Gasteiger partial charge on any atom is 0.417 e. The molecule has 1 aliphatic rings. The van der Waals surface area contributed by atoms with E-state index in [1.54, 1.807) is 11.3 Å². The van der Waals surface area contributed by atoms with Gasteiger partial charge in [-0.05, 0) is 37.6 Å². The third-order valence-electron chi connectivity index (χ3n) is 4.19. The van der Waals surface area contributed by atoms with Crippen molar-refractivity contribution in [1.82, 2.24) is 10.3 Å². The molecule has 0 bridgehead atoms. The summed E-state index contributed by atoms with van der Waals surface area (Å²) in [5.74, 6) is 0.266. The molecule has 1 fully saturated rings. The van der Waals surface area contributed by atoms with Gasteiger partial charge in [0, 0.05) is 29.0 Å². The number of carbonyl (C=O) groups excluding carboxylic acids is 1.